The van der Waals surface area contributed by atoms with E-state index in [-0.39, 0.29) is 5.16 Å². The number of rotatable bonds is 1. The van der Waals surface area contributed by atoms with Crippen molar-refractivity contribution in [3.05, 3.63) is 12.4 Å². The second-order valence-corrected chi connectivity index (χ2v) is 1.99. The third-order valence-electron chi connectivity index (χ3n) is 0.631. The van der Waals surface area contributed by atoms with E-state index in [4.69, 9.17) is 0 Å². The molecule has 0 aliphatic carbocycles. The maximum atomic E-state index is 9.97. The molecular weight excluding hydrogens is 128 g/mol. The predicted octanol–water partition coefficient (Wildman–Crippen LogP) is -0.352. The molecule has 0 fully saturated rings. The predicted molar refractivity (Wildman–Crippen MR) is 25.8 cm³/mol. The molecule has 5 heteroatoms. The third kappa shape index (κ3) is 0.932. The van der Waals surface area contributed by atoms with Gasteiger partial charge in [0.2, 0.25) is 0 Å². The summed E-state index contributed by atoms with van der Waals surface area (Å²) in [6.45, 7) is 0. The highest BCUT2D eigenvalue weighted by Gasteiger charge is 1.88. The van der Waals surface area contributed by atoms with Gasteiger partial charge in [-0.2, -0.15) is 0 Å². The van der Waals surface area contributed by atoms with Gasteiger partial charge in [-0.15, -0.1) is 0 Å². The Morgan fingerprint density at radius 1 is 1.88 bits per heavy atom. The van der Waals surface area contributed by atoms with Crippen molar-refractivity contribution in [1.82, 2.24) is 9.97 Å². The highest BCUT2D eigenvalue weighted by molar-refractivity contribution is 7.78. The van der Waals surface area contributed by atoms with Crippen molar-refractivity contribution in [2.24, 2.45) is 0 Å². The van der Waals surface area contributed by atoms with Crippen molar-refractivity contribution < 1.29 is 8.76 Å². The van der Waals surface area contributed by atoms with E-state index in [0.717, 1.165) is 0 Å². The first-order valence-electron chi connectivity index (χ1n) is 1.89. The summed E-state index contributed by atoms with van der Waals surface area (Å²) in [7, 11) is 0. The monoisotopic (exact) mass is 131 g/mol. The fraction of sp³-hybridized carbons (Fsp3) is 0. The van der Waals surface area contributed by atoms with Crippen LogP contribution in [-0.4, -0.2) is 18.7 Å². The second kappa shape index (κ2) is 2.06. The molecule has 0 amide bonds. The van der Waals surface area contributed by atoms with E-state index in [0.29, 0.717) is 0 Å². The fourth-order valence-corrected chi connectivity index (χ4v) is 0.653. The Labute approximate surface area is 48.2 Å². The molecule has 1 N–H and O–H groups in total. The number of hydrogen-bond donors (Lipinski definition) is 1. The fourth-order valence-electron chi connectivity index (χ4n) is 0.342. The van der Waals surface area contributed by atoms with Crippen LogP contribution in [0.15, 0.2) is 17.6 Å². The standard InChI is InChI=1S/C3H4N2O2S/c6-8(7)3-4-1-2-5-3/h1-2H,(H,4,5)(H,6,7)/p-1. The zero-order valence-electron chi connectivity index (χ0n) is 3.83. The first-order valence-corrected chi connectivity index (χ1v) is 2.97. The van der Waals surface area contributed by atoms with Gasteiger partial charge in [0, 0.05) is 23.5 Å². The normalized spacial score (nSPS) is 13.6. The summed E-state index contributed by atoms with van der Waals surface area (Å²) in [6.07, 6.45) is 2.83. The van der Waals surface area contributed by atoms with Gasteiger partial charge in [-0.05, 0) is 0 Å². The summed E-state index contributed by atoms with van der Waals surface area (Å²) in [5, 5.41) is -0.0231. The summed E-state index contributed by atoms with van der Waals surface area (Å²) >= 11 is -2.21. The zero-order chi connectivity index (χ0) is 5.98. The molecule has 8 heavy (non-hydrogen) atoms. The molecule has 1 unspecified atom stereocenters. The Morgan fingerprint density at radius 3 is 2.88 bits per heavy atom. The molecule has 0 aromatic carbocycles. The molecule has 1 heterocycles. The van der Waals surface area contributed by atoms with Crippen LogP contribution in [0.25, 0.3) is 0 Å². The summed E-state index contributed by atoms with van der Waals surface area (Å²) in [4.78, 5) is 5.86. The van der Waals surface area contributed by atoms with Gasteiger partial charge < -0.3 is 9.54 Å². The van der Waals surface area contributed by atoms with E-state index in [9.17, 15) is 8.76 Å². The molecule has 1 atom stereocenters. The molecule has 1 aromatic rings. The van der Waals surface area contributed by atoms with E-state index in [1.54, 1.807) is 0 Å². The molecule has 1 rings (SSSR count). The lowest BCUT2D eigenvalue weighted by Gasteiger charge is -1.95. The molecule has 1 aromatic heterocycles. The highest BCUT2D eigenvalue weighted by Crippen LogP contribution is 1.90. The maximum Gasteiger partial charge on any atom is 0.182 e. The number of imidazole rings is 1. The van der Waals surface area contributed by atoms with Gasteiger partial charge in [0.15, 0.2) is 5.16 Å². The molecule has 4 nitrogen and oxygen atoms in total. The van der Waals surface area contributed by atoms with Crippen LogP contribution in [0.2, 0.25) is 0 Å². The average molecular weight is 131 g/mol. The topological polar surface area (TPSA) is 68.8 Å². The number of nitrogens with zero attached hydrogens (tertiary/aromatic N) is 1. The van der Waals surface area contributed by atoms with Crippen LogP contribution < -0.4 is 0 Å². The molecule has 0 saturated carbocycles. The van der Waals surface area contributed by atoms with Gasteiger partial charge in [-0.3, -0.25) is 4.21 Å². The van der Waals surface area contributed by atoms with Crippen molar-refractivity contribution in [2.45, 2.75) is 5.16 Å². The molecule has 44 valence electrons. The first-order chi connectivity index (χ1) is 3.80. The molecule has 0 aliphatic heterocycles. The van der Waals surface area contributed by atoms with Gasteiger partial charge in [-0.25, -0.2) is 4.98 Å². The SMILES string of the molecule is O=S([O-])c1ncc[nH]1. The van der Waals surface area contributed by atoms with Crippen LogP contribution in [-0.2, 0) is 11.1 Å². The van der Waals surface area contributed by atoms with E-state index < -0.39 is 11.1 Å². The van der Waals surface area contributed by atoms with E-state index in [1.807, 2.05) is 0 Å². The Balaban J connectivity index is 2.93. The molecule has 0 aliphatic rings. The van der Waals surface area contributed by atoms with Crippen LogP contribution in [0.3, 0.4) is 0 Å². The highest BCUT2D eigenvalue weighted by atomic mass is 32.2. The zero-order valence-corrected chi connectivity index (χ0v) is 4.64. The van der Waals surface area contributed by atoms with E-state index in [1.165, 1.54) is 12.4 Å². The maximum absolute atomic E-state index is 9.97. The summed E-state index contributed by atoms with van der Waals surface area (Å²) in [5.41, 5.74) is 0. The molecule has 0 radical (unpaired) electrons. The van der Waals surface area contributed by atoms with E-state index in [2.05, 4.69) is 9.97 Å². The van der Waals surface area contributed by atoms with Gasteiger partial charge in [-0.1, -0.05) is 0 Å². The minimum absolute atomic E-state index is 0.0231. The smallest absolute Gasteiger partial charge is 0.182 e. The number of nitrogens with one attached hydrogen (secondary N) is 1. The van der Waals surface area contributed by atoms with Crippen molar-refractivity contribution in [3.63, 3.8) is 0 Å². The molecule has 0 bridgehead atoms. The lowest BCUT2D eigenvalue weighted by Crippen LogP contribution is -1.89. The van der Waals surface area contributed by atoms with Crippen LogP contribution in [0.1, 0.15) is 0 Å². The lowest BCUT2D eigenvalue weighted by atomic mass is 11.0. The summed E-state index contributed by atoms with van der Waals surface area (Å²) < 4.78 is 19.9. The van der Waals surface area contributed by atoms with Crippen LogP contribution in [0.5, 0.6) is 0 Å². The lowest BCUT2D eigenvalue weighted by molar-refractivity contribution is 0.530. The van der Waals surface area contributed by atoms with Crippen LogP contribution in [0.4, 0.5) is 0 Å². The van der Waals surface area contributed by atoms with Gasteiger partial charge in [0.1, 0.15) is 0 Å². The average Bonchev–Trinajstić information content (AvgIpc) is 2.12. The van der Waals surface area contributed by atoms with Crippen LogP contribution in [0, 0.1) is 0 Å². The Bertz CT molecular complexity index is 183. The third-order valence-corrected chi connectivity index (χ3v) is 1.17. The quantitative estimate of drug-likeness (QED) is 0.529. The Morgan fingerprint density at radius 2 is 2.62 bits per heavy atom. The largest absolute Gasteiger partial charge is 0.766 e. The van der Waals surface area contributed by atoms with Gasteiger partial charge in [0.05, 0.1) is 0 Å². The van der Waals surface area contributed by atoms with Gasteiger partial charge >= 0.3 is 0 Å². The minimum Gasteiger partial charge on any atom is -0.766 e. The Hall–Kier alpha value is -0.680. The number of aromatic nitrogens is 2. The number of aromatic amines is 1. The summed E-state index contributed by atoms with van der Waals surface area (Å²) in [5.74, 6) is 0. The van der Waals surface area contributed by atoms with Crippen molar-refractivity contribution in [3.8, 4) is 0 Å². The number of H-pyrrole nitrogens is 1. The minimum atomic E-state index is -2.21. The molecule has 0 spiro atoms. The molecular formula is C3H3N2O2S-. The Kier molecular flexibility index (Phi) is 1.40. The van der Waals surface area contributed by atoms with E-state index >= 15 is 0 Å². The first kappa shape index (κ1) is 5.46. The van der Waals surface area contributed by atoms with Crippen LogP contribution >= 0.6 is 0 Å². The van der Waals surface area contributed by atoms with Crippen molar-refractivity contribution in [1.29, 1.82) is 0 Å². The van der Waals surface area contributed by atoms with Crippen molar-refractivity contribution >= 4 is 11.1 Å². The summed E-state index contributed by atoms with van der Waals surface area (Å²) in [6, 6.07) is 0. The second-order valence-electron chi connectivity index (χ2n) is 1.13. The number of hydrogen-bond acceptors (Lipinski definition) is 3. The molecule has 0 saturated heterocycles. The van der Waals surface area contributed by atoms with Crippen molar-refractivity contribution in [2.75, 3.05) is 0 Å². The van der Waals surface area contributed by atoms with Gasteiger partial charge in [0.25, 0.3) is 0 Å².